The van der Waals surface area contributed by atoms with Gasteiger partial charge in [0.2, 0.25) is 0 Å². The van der Waals surface area contributed by atoms with E-state index in [1.165, 1.54) is 23.3 Å². The van der Waals surface area contributed by atoms with Crippen molar-refractivity contribution in [3.05, 3.63) is 42.2 Å². The third kappa shape index (κ3) is 3.46. The molecule has 0 N–H and O–H groups in total. The molecule has 1 aliphatic carbocycles. The Bertz CT molecular complexity index is 1040. The minimum Gasteiger partial charge on any atom is -0.443 e. The summed E-state index contributed by atoms with van der Waals surface area (Å²) in [7, 11) is 3.64. The third-order valence-corrected chi connectivity index (χ3v) is 4.94. The van der Waals surface area contributed by atoms with E-state index >= 15 is 0 Å². The molecule has 28 heavy (non-hydrogen) atoms. The molecule has 4 rings (SSSR count). The molecule has 1 fully saturated rings. The van der Waals surface area contributed by atoms with E-state index < -0.39 is 11.7 Å². The van der Waals surface area contributed by atoms with E-state index in [0.29, 0.717) is 11.7 Å². The van der Waals surface area contributed by atoms with Crippen LogP contribution in [0.5, 0.6) is 0 Å². The average Bonchev–Trinajstić information content (AvgIpc) is 3.42. The lowest BCUT2D eigenvalue weighted by Crippen LogP contribution is -2.34. The largest absolute Gasteiger partial charge is 0.443 e. The summed E-state index contributed by atoms with van der Waals surface area (Å²) in [5.41, 5.74) is 4.42. The van der Waals surface area contributed by atoms with Gasteiger partial charge in [-0.1, -0.05) is 24.3 Å². The molecule has 2 heterocycles. The van der Waals surface area contributed by atoms with Crippen molar-refractivity contribution in [3.63, 3.8) is 0 Å². The first-order valence-electron chi connectivity index (χ1n) is 9.62. The SMILES string of the molecule is CN(C(=O)OC(C)(C)C)c1cc2c(ncn2C)c(-c2ccccc2C2CC2)n1. The zero-order valence-electron chi connectivity index (χ0n) is 17.1. The number of benzene rings is 1. The van der Waals surface area contributed by atoms with E-state index in [4.69, 9.17) is 9.72 Å². The lowest BCUT2D eigenvalue weighted by atomic mass is 9.99. The molecule has 2 aromatic heterocycles. The molecule has 1 amide bonds. The van der Waals surface area contributed by atoms with Crippen LogP contribution in [0.25, 0.3) is 22.3 Å². The molecule has 0 radical (unpaired) electrons. The number of carbonyl (C=O) groups is 1. The highest BCUT2D eigenvalue weighted by Crippen LogP contribution is 2.45. The first-order chi connectivity index (χ1) is 13.2. The van der Waals surface area contributed by atoms with Gasteiger partial charge >= 0.3 is 6.09 Å². The van der Waals surface area contributed by atoms with Crippen molar-refractivity contribution in [3.8, 4) is 11.3 Å². The summed E-state index contributed by atoms with van der Waals surface area (Å²) in [6.07, 6.45) is 3.77. The Labute approximate surface area is 165 Å². The first kappa shape index (κ1) is 18.5. The van der Waals surface area contributed by atoms with Crippen LogP contribution < -0.4 is 4.90 Å². The fourth-order valence-corrected chi connectivity index (χ4v) is 3.36. The van der Waals surface area contributed by atoms with Gasteiger partial charge in [0.1, 0.15) is 22.6 Å². The Balaban J connectivity index is 1.85. The minimum absolute atomic E-state index is 0.428. The fourth-order valence-electron chi connectivity index (χ4n) is 3.36. The second-order valence-electron chi connectivity index (χ2n) is 8.45. The minimum atomic E-state index is -0.566. The number of hydrogen-bond acceptors (Lipinski definition) is 4. The summed E-state index contributed by atoms with van der Waals surface area (Å²) in [5, 5.41) is 0. The van der Waals surface area contributed by atoms with E-state index in [1.54, 1.807) is 13.4 Å². The lowest BCUT2D eigenvalue weighted by molar-refractivity contribution is 0.0588. The van der Waals surface area contributed by atoms with Gasteiger partial charge in [0.15, 0.2) is 0 Å². The van der Waals surface area contributed by atoms with Crippen molar-refractivity contribution in [2.24, 2.45) is 7.05 Å². The van der Waals surface area contributed by atoms with Gasteiger partial charge in [0.05, 0.1) is 11.8 Å². The molecular weight excluding hydrogens is 352 g/mol. The molecule has 0 saturated heterocycles. The molecule has 1 saturated carbocycles. The molecule has 146 valence electrons. The zero-order chi connectivity index (χ0) is 20.1. The molecule has 1 aliphatic rings. The molecule has 6 nitrogen and oxygen atoms in total. The molecule has 0 bridgehead atoms. The normalized spacial score (nSPS) is 14.3. The van der Waals surface area contributed by atoms with Gasteiger partial charge in [0.25, 0.3) is 0 Å². The smallest absolute Gasteiger partial charge is 0.415 e. The van der Waals surface area contributed by atoms with Crippen LogP contribution >= 0.6 is 0 Å². The number of amides is 1. The number of ether oxygens (including phenoxy) is 1. The van der Waals surface area contributed by atoms with Crippen molar-refractivity contribution in [1.29, 1.82) is 0 Å². The van der Waals surface area contributed by atoms with Gasteiger partial charge in [-0.15, -0.1) is 0 Å². The van der Waals surface area contributed by atoms with E-state index in [2.05, 4.69) is 23.2 Å². The highest BCUT2D eigenvalue weighted by atomic mass is 16.6. The summed E-state index contributed by atoms with van der Waals surface area (Å²) in [6.45, 7) is 5.56. The number of imidazole rings is 1. The van der Waals surface area contributed by atoms with Gasteiger partial charge < -0.3 is 9.30 Å². The van der Waals surface area contributed by atoms with Crippen LogP contribution in [0.15, 0.2) is 36.7 Å². The van der Waals surface area contributed by atoms with Crippen LogP contribution in [0.1, 0.15) is 45.1 Å². The Morgan fingerprint density at radius 3 is 2.64 bits per heavy atom. The van der Waals surface area contributed by atoms with E-state index in [9.17, 15) is 4.79 Å². The fraction of sp³-hybridized carbons (Fsp3) is 0.409. The Morgan fingerprint density at radius 1 is 1.25 bits per heavy atom. The predicted octanol–water partition coefficient (Wildman–Crippen LogP) is 4.88. The van der Waals surface area contributed by atoms with Gasteiger partial charge in [-0.25, -0.2) is 14.8 Å². The summed E-state index contributed by atoms with van der Waals surface area (Å²) in [5.74, 6) is 1.13. The number of nitrogens with zero attached hydrogens (tertiary/aromatic N) is 4. The number of rotatable bonds is 3. The molecule has 0 aliphatic heterocycles. The molecule has 0 spiro atoms. The maximum Gasteiger partial charge on any atom is 0.415 e. The standard InChI is InChI=1S/C22H26N4O2/c1-22(2,3)28-21(27)26(5)18-12-17-20(23-13-25(17)4)19(24-18)16-9-7-6-8-15(16)14-10-11-14/h6-9,12-14H,10-11H2,1-5H3. The lowest BCUT2D eigenvalue weighted by Gasteiger charge is -2.24. The van der Waals surface area contributed by atoms with Gasteiger partial charge in [-0.3, -0.25) is 4.90 Å². The van der Waals surface area contributed by atoms with E-state index in [0.717, 1.165) is 22.3 Å². The van der Waals surface area contributed by atoms with Gasteiger partial charge in [0, 0.05) is 25.7 Å². The number of aromatic nitrogens is 3. The van der Waals surface area contributed by atoms with Crippen LogP contribution in [0.4, 0.5) is 10.6 Å². The maximum atomic E-state index is 12.6. The quantitative estimate of drug-likeness (QED) is 0.651. The summed E-state index contributed by atoms with van der Waals surface area (Å²) >= 11 is 0. The number of anilines is 1. The van der Waals surface area contributed by atoms with Crippen molar-refractivity contribution in [1.82, 2.24) is 14.5 Å². The summed E-state index contributed by atoms with van der Waals surface area (Å²) in [4.78, 5) is 23.5. The molecular formula is C22H26N4O2. The van der Waals surface area contributed by atoms with Crippen LogP contribution in [0, 0.1) is 0 Å². The Hall–Kier alpha value is -2.89. The highest BCUT2D eigenvalue weighted by molar-refractivity contribution is 5.95. The predicted molar refractivity (Wildman–Crippen MR) is 111 cm³/mol. The number of aryl methyl sites for hydroxylation is 1. The molecule has 1 aromatic carbocycles. The number of hydrogen-bond donors (Lipinski definition) is 0. The second kappa shape index (κ2) is 6.62. The molecule has 0 atom stereocenters. The van der Waals surface area contributed by atoms with Crippen LogP contribution in [-0.4, -0.2) is 33.3 Å². The first-order valence-corrected chi connectivity index (χ1v) is 9.62. The second-order valence-corrected chi connectivity index (χ2v) is 8.45. The maximum absolute atomic E-state index is 12.6. The van der Waals surface area contributed by atoms with E-state index in [1.807, 2.05) is 44.5 Å². The number of fused-ring (bicyclic) bond motifs is 1. The van der Waals surface area contributed by atoms with E-state index in [-0.39, 0.29) is 0 Å². The third-order valence-electron chi connectivity index (χ3n) is 4.94. The number of pyridine rings is 1. The topological polar surface area (TPSA) is 60.3 Å². The summed E-state index contributed by atoms with van der Waals surface area (Å²) in [6, 6.07) is 10.3. The van der Waals surface area contributed by atoms with Crippen molar-refractivity contribution in [2.45, 2.75) is 45.1 Å². The summed E-state index contributed by atoms with van der Waals surface area (Å²) < 4.78 is 7.47. The molecule has 0 unspecified atom stereocenters. The molecule has 6 heteroatoms. The highest BCUT2D eigenvalue weighted by Gasteiger charge is 2.28. The zero-order valence-corrected chi connectivity index (χ0v) is 17.1. The average molecular weight is 378 g/mol. The van der Waals surface area contributed by atoms with Crippen LogP contribution in [0.2, 0.25) is 0 Å². The van der Waals surface area contributed by atoms with Crippen molar-refractivity contribution < 1.29 is 9.53 Å². The van der Waals surface area contributed by atoms with Crippen LogP contribution in [0.3, 0.4) is 0 Å². The van der Waals surface area contributed by atoms with Crippen LogP contribution in [-0.2, 0) is 11.8 Å². The molecule has 3 aromatic rings. The van der Waals surface area contributed by atoms with Gasteiger partial charge in [-0.05, 0) is 45.1 Å². The van der Waals surface area contributed by atoms with Crippen molar-refractivity contribution >= 4 is 22.9 Å². The monoisotopic (exact) mass is 378 g/mol. The Morgan fingerprint density at radius 2 is 1.96 bits per heavy atom. The van der Waals surface area contributed by atoms with Crippen molar-refractivity contribution in [2.75, 3.05) is 11.9 Å². The van der Waals surface area contributed by atoms with Gasteiger partial charge in [-0.2, -0.15) is 0 Å². The number of carbonyl (C=O) groups excluding carboxylic acids is 1. The Kier molecular flexibility index (Phi) is 4.37.